The Morgan fingerprint density at radius 1 is 1.11 bits per heavy atom. The number of nitrogens with zero attached hydrogens (tertiary/aromatic N) is 4. The molecule has 0 saturated carbocycles. The van der Waals surface area contributed by atoms with Crippen molar-refractivity contribution < 1.29 is 9.59 Å². The maximum atomic E-state index is 13.0. The fourth-order valence-electron chi connectivity index (χ4n) is 3.59. The van der Waals surface area contributed by atoms with E-state index in [0.717, 1.165) is 23.4 Å². The highest BCUT2D eigenvalue weighted by Gasteiger charge is 2.25. The number of hydrogen-bond acceptors (Lipinski definition) is 3. The number of rotatable bonds is 3. The summed E-state index contributed by atoms with van der Waals surface area (Å²) in [5, 5.41) is 7.32. The van der Waals surface area contributed by atoms with Crippen LogP contribution in [0.1, 0.15) is 38.7 Å². The number of nitrogens with one attached hydrogen (secondary N) is 1. The Bertz CT molecular complexity index is 999. The zero-order chi connectivity index (χ0) is 19.7. The Labute approximate surface area is 163 Å². The van der Waals surface area contributed by atoms with E-state index in [9.17, 15) is 9.59 Å². The number of carbonyl (C=O) groups excluding carboxylic acids is 2. The summed E-state index contributed by atoms with van der Waals surface area (Å²) in [6.07, 6.45) is 2.69. The molecular formula is C21H23N5O2. The van der Waals surface area contributed by atoms with E-state index in [1.165, 1.54) is 0 Å². The third-order valence-electron chi connectivity index (χ3n) is 5.04. The van der Waals surface area contributed by atoms with Gasteiger partial charge < -0.3 is 14.8 Å². The lowest BCUT2D eigenvalue weighted by Gasteiger charge is -2.21. The molecule has 1 aliphatic heterocycles. The van der Waals surface area contributed by atoms with Gasteiger partial charge in [-0.2, -0.15) is 5.10 Å². The summed E-state index contributed by atoms with van der Waals surface area (Å²) in [7, 11) is 1.88. The average Bonchev–Trinajstić information content (AvgIpc) is 3.18. The molecule has 0 atom stereocenters. The molecule has 1 aliphatic rings. The number of carbonyl (C=O) groups is 2. The highest BCUT2D eigenvalue weighted by atomic mass is 16.2. The number of aryl methyl sites for hydroxylation is 3. The van der Waals surface area contributed by atoms with E-state index in [0.29, 0.717) is 31.0 Å². The van der Waals surface area contributed by atoms with Crippen molar-refractivity contribution in [3.63, 3.8) is 0 Å². The zero-order valence-electron chi connectivity index (χ0n) is 16.1. The first-order valence-electron chi connectivity index (χ1n) is 9.37. The molecule has 0 bridgehead atoms. The molecule has 0 radical (unpaired) electrons. The minimum absolute atomic E-state index is 0.00920. The van der Waals surface area contributed by atoms with Gasteiger partial charge in [-0.3, -0.25) is 14.3 Å². The number of benzene rings is 1. The maximum absolute atomic E-state index is 13.0. The number of fused-ring (bicyclic) bond motifs is 1. The molecule has 0 spiro atoms. The van der Waals surface area contributed by atoms with Crippen LogP contribution in [0.15, 0.2) is 48.7 Å². The predicted molar refractivity (Wildman–Crippen MR) is 106 cm³/mol. The molecule has 1 N–H and O–H groups in total. The van der Waals surface area contributed by atoms with Gasteiger partial charge in [-0.15, -0.1) is 0 Å². The molecule has 0 aliphatic carbocycles. The van der Waals surface area contributed by atoms with Crippen molar-refractivity contribution in [2.45, 2.75) is 26.4 Å². The quantitative estimate of drug-likeness (QED) is 0.763. The highest BCUT2D eigenvalue weighted by Crippen LogP contribution is 2.19. The Kier molecular flexibility index (Phi) is 4.73. The van der Waals surface area contributed by atoms with Crippen molar-refractivity contribution >= 4 is 17.5 Å². The molecule has 0 unspecified atom stereocenters. The first-order chi connectivity index (χ1) is 13.5. The summed E-state index contributed by atoms with van der Waals surface area (Å²) < 4.78 is 3.70. The smallest absolute Gasteiger partial charge is 0.276 e. The monoisotopic (exact) mass is 377 g/mol. The molecule has 7 heteroatoms. The lowest BCUT2D eigenvalue weighted by Crippen LogP contribution is -2.32. The van der Waals surface area contributed by atoms with Crippen LogP contribution < -0.4 is 5.32 Å². The Morgan fingerprint density at radius 2 is 1.89 bits per heavy atom. The average molecular weight is 377 g/mol. The molecule has 2 aromatic heterocycles. The number of anilines is 1. The maximum Gasteiger partial charge on any atom is 0.276 e. The minimum Gasteiger partial charge on any atom is -0.346 e. The van der Waals surface area contributed by atoms with Gasteiger partial charge in [0.15, 0.2) is 5.69 Å². The fraction of sp³-hybridized carbons (Fsp3) is 0.286. The van der Waals surface area contributed by atoms with Crippen LogP contribution in [0, 0.1) is 6.92 Å². The van der Waals surface area contributed by atoms with Crippen molar-refractivity contribution in [1.29, 1.82) is 0 Å². The fourth-order valence-corrected chi connectivity index (χ4v) is 3.59. The van der Waals surface area contributed by atoms with Crippen LogP contribution >= 0.6 is 0 Å². The van der Waals surface area contributed by atoms with Gasteiger partial charge in [0.1, 0.15) is 5.69 Å². The summed E-state index contributed by atoms with van der Waals surface area (Å²) in [6.45, 7) is 3.73. The molecule has 7 nitrogen and oxygen atoms in total. The number of amides is 2. The first-order valence-corrected chi connectivity index (χ1v) is 9.37. The van der Waals surface area contributed by atoms with Crippen molar-refractivity contribution in [3.05, 3.63) is 71.3 Å². The molecule has 4 rings (SSSR count). The summed E-state index contributed by atoms with van der Waals surface area (Å²) in [6, 6.07) is 13.0. The molecule has 28 heavy (non-hydrogen) atoms. The number of aromatic nitrogens is 3. The Morgan fingerprint density at radius 3 is 2.61 bits per heavy atom. The van der Waals surface area contributed by atoms with Crippen LogP contribution in [0.2, 0.25) is 0 Å². The second kappa shape index (κ2) is 7.34. The largest absolute Gasteiger partial charge is 0.346 e. The van der Waals surface area contributed by atoms with Crippen molar-refractivity contribution in [2.24, 2.45) is 7.05 Å². The zero-order valence-corrected chi connectivity index (χ0v) is 16.1. The SMILES string of the molecule is Cc1ccn(C)c1C(=O)N1CCCn2nc(C(=O)Nc3ccccc3)cc2C1. The van der Waals surface area contributed by atoms with Crippen molar-refractivity contribution in [1.82, 2.24) is 19.2 Å². The molecule has 0 fully saturated rings. The molecule has 3 aromatic rings. The molecule has 3 heterocycles. The third kappa shape index (κ3) is 3.43. The first kappa shape index (κ1) is 18.0. The minimum atomic E-state index is -0.247. The van der Waals surface area contributed by atoms with E-state index >= 15 is 0 Å². The van der Waals surface area contributed by atoms with E-state index in [-0.39, 0.29) is 11.8 Å². The molecule has 0 saturated heterocycles. The second-order valence-corrected chi connectivity index (χ2v) is 7.10. The normalized spacial score (nSPS) is 13.7. The Balaban J connectivity index is 1.54. The lowest BCUT2D eigenvalue weighted by atomic mass is 10.2. The van der Waals surface area contributed by atoms with E-state index in [2.05, 4.69) is 10.4 Å². The van der Waals surface area contributed by atoms with Crippen LogP contribution in [-0.2, 0) is 20.1 Å². The van der Waals surface area contributed by atoms with Crippen molar-refractivity contribution in [3.8, 4) is 0 Å². The summed E-state index contributed by atoms with van der Waals surface area (Å²) in [5.41, 5.74) is 3.63. The van der Waals surface area contributed by atoms with E-state index < -0.39 is 0 Å². The van der Waals surface area contributed by atoms with E-state index in [1.807, 2.05) is 70.7 Å². The molecule has 144 valence electrons. The highest BCUT2D eigenvalue weighted by molar-refractivity contribution is 6.03. The second-order valence-electron chi connectivity index (χ2n) is 7.10. The van der Waals surface area contributed by atoms with Crippen LogP contribution in [0.4, 0.5) is 5.69 Å². The van der Waals surface area contributed by atoms with Gasteiger partial charge in [0.25, 0.3) is 11.8 Å². The van der Waals surface area contributed by atoms with Gasteiger partial charge in [-0.05, 0) is 43.2 Å². The van der Waals surface area contributed by atoms with Gasteiger partial charge >= 0.3 is 0 Å². The number of para-hydroxylation sites is 1. The van der Waals surface area contributed by atoms with Crippen LogP contribution in [0.3, 0.4) is 0 Å². The van der Waals surface area contributed by atoms with Crippen LogP contribution in [-0.4, -0.2) is 37.6 Å². The van der Waals surface area contributed by atoms with Crippen molar-refractivity contribution in [2.75, 3.05) is 11.9 Å². The van der Waals surface area contributed by atoms with Gasteiger partial charge in [-0.25, -0.2) is 0 Å². The third-order valence-corrected chi connectivity index (χ3v) is 5.04. The molecule has 2 amide bonds. The molecular weight excluding hydrogens is 354 g/mol. The summed E-state index contributed by atoms with van der Waals surface area (Å²) in [4.78, 5) is 27.4. The summed E-state index contributed by atoms with van der Waals surface area (Å²) in [5.74, 6) is -0.238. The van der Waals surface area contributed by atoms with Gasteiger partial charge in [0, 0.05) is 32.0 Å². The van der Waals surface area contributed by atoms with Gasteiger partial charge in [0.05, 0.1) is 12.2 Å². The van der Waals surface area contributed by atoms with Crippen LogP contribution in [0.25, 0.3) is 0 Å². The topological polar surface area (TPSA) is 72.2 Å². The lowest BCUT2D eigenvalue weighted by molar-refractivity contribution is 0.0735. The predicted octanol–water partition coefficient (Wildman–Crippen LogP) is 2.83. The molecule has 1 aromatic carbocycles. The number of hydrogen-bond donors (Lipinski definition) is 1. The summed E-state index contributed by atoms with van der Waals surface area (Å²) >= 11 is 0. The van der Waals surface area contributed by atoms with E-state index in [4.69, 9.17) is 0 Å². The van der Waals surface area contributed by atoms with E-state index in [1.54, 1.807) is 6.07 Å². The van der Waals surface area contributed by atoms with Crippen LogP contribution in [0.5, 0.6) is 0 Å². The standard InChI is InChI=1S/C21H23N5O2/c1-15-9-12-24(2)19(15)21(28)25-10-6-11-26-17(14-25)13-18(23-26)20(27)22-16-7-4-3-5-8-16/h3-5,7-9,12-13H,6,10-11,14H2,1-2H3,(H,22,27). The van der Waals surface area contributed by atoms with Gasteiger partial charge in [0.2, 0.25) is 0 Å². The van der Waals surface area contributed by atoms with Gasteiger partial charge in [-0.1, -0.05) is 18.2 Å². The Hall–Kier alpha value is -3.35.